The summed E-state index contributed by atoms with van der Waals surface area (Å²) in [6, 6.07) is 14.7. The van der Waals surface area contributed by atoms with Crippen molar-refractivity contribution in [2.45, 2.75) is 13.8 Å². The molecule has 0 heterocycles. The van der Waals surface area contributed by atoms with Crippen LogP contribution in [0, 0.1) is 30.3 Å². The van der Waals surface area contributed by atoms with Gasteiger partial charge >= 0.3 is 17.5 Å². The summed E-state index contributed by atoms with van der Waals surface area (Å²) >= 11 is 0. The molecule has 0 spiro atoms. The third kappa shape index (κ3) is 7.83. The van der Waals surface area contributed by atoms with Gasteiger partial charge in [0, 0.05) is 11.9 Å². The number of carbonyl (C=O) groups excluding carboxylic acids is 1. The van der Waals surface area contributed by atoms with E-state index in [2.05, 4.69) is 24.1 Å². The molecule has 0 aliphatic carbocycles. The molecule has 3 aromatic rings. The van der Waals surface area contributed by atoms with Crippen LogP contribution in [-0.4, -0.2) is 57.1 Å². The number of ether oxygens (including phenoxy) is 1. The molecule has 2 N–H and O–H groups in total. The van der Waals surface area contributed by atoms with Crippen LogP contribution in [0.5, 0.6) is 5.75 Å². The van der Waals surface area contributed by atoms with Crippen molar-refractivity contribution < 1.29 is 29.4 Å². The van der Waals surface area contributed by atoms with Crippen LogP contribution in [0.25, 0.3) is 10.8 Å². The van der Waals surface area contributed by atoms with Crippen molar-refractivity contribution in [1.29, 1.82) is 0 Å². The Morgan fingerprint density at radius 3 is 2.03 bits per heavy atom. The van der Waals surface area contributed by atoms with Gasteiger partial charge in [-0.05, 0) is 24.5 Å². The summed E-state index contributed by atoms with van der Waals surface area (Å²) in [5.74, 6) is -1.21. The second kappa shape index (κ2) is 13.3. The van der Waals surface area contributed by atoms with Crippen LogP contribution in [0.3, 0.4) is 0 Å². The van der Waals surface area contributed by atoms with Gasteiger partial charge in [-0.25, -0.2) is 4.79 Å². The zero-order chi connectivity index (χ0) is 27.5. The smallest absolute Gasteiger partial charge is 0.411 e. The SMILES string of the molecule is CCN(CC)CCOC(=O)Nc1cccc2ccccc12.O=[N+]([O-])c1cc([N+](=O)[O-])c(O)c([N+](=O)[O-])c1. The van der Waals surface area contributed by atoms with Gasteiger partial charge in [0.15, 0.2) is 0 Å². The first-order chi connectivity index (χ1) is 17.6. The lowest BCUT2D eigenvalue weighted by atomic mass is 10.1. The minimum Gasteiger partial charge on any atom is -0.497 e. The number of carbonyl (C=O) groups is 1. The van der Waals surface area contributed by atoms with E-state index in [1.807, 2.05) is 42.5 Å². The number of phenolic OH excluding ortho intramolecular Hbond substituents is 1. The largest absolute Gasteiger partial charge is 0.497 e. The van der Waals surface area contributed by atoms with Crippen LogP contribution in [-0.2, 0) is 4.74 Å². The highest BCUT2D eigenvalue weighted by Crippen LogP contribution is 2.39. The Kier molecular flexibility index (Phi) is 10.2. The van der Waals surface area contributed by atoms with E-state index in [1.54, 1.807) is 0 Å². The lowest BCUT2D eigenvalue weighted by molar-refractivity contribution is -0.404. The standard InChI is InChI=1S/C17H22N2O2.C6H3N3O7/c1-3-19(4-2)12-13-21-17(20)18-16-11-7-9-14-8-5-6-10-15(14)16;10-6-4(8(13)14)1-3(7(11)12)2-5(6)9(15)16/h5-11H,3-4,12-13H2,1-2H3,(H,18,20);1-2,10H. The highest BCUT2D eigenvalue weighted by molar-refractivity contribution is 6.00. The van der Waals surface area contributed by atoms with E-state index in [1.165, 1.54) is 0 Å². The van der Waals surface area contributed by atoms with E-state index in [9.17, 15) is 35.1 Å². The molecule has 0 radical (unpaired) electrons. The average molecular weight is 515 g/mol. The monoisotopic (exact) mass is 515 g/mol. The summed E-state index contributed by atoms with van der Waals surface area (Å²) in [5.41, 5.74) is -2.22. The van der Waals surface area contributed by atoms with Crippen molar-refractivity contribution in [2.75, 3.05) is 31.6 Å². The zero-order valence-corrected chi connectivity index (χ0v) is 20.0. The number of anilines is 1. The second-order valence-electron chi connectivity index (χ2n) is 7.42. The summed E-state index contributed by atoms with van der Waals surface area (Å²) in [7, 11) is 0. The number of non-ortho nitro benzene ring substituents is 1. The van der Waals surface area contributed by atoms with Crippen molar-refractivity contribution in [3.8, 4) is 5.75 Å². The number of nitrogens with one attached hydrogen (secondary N) is 1. The average Bonchev–Trinajstić information content (AvgIpc) is 2.87. The van der Waals surface area contributed by atoms with Gasteiger partial charge in [0.2, 0.25) is 0 Å². The lowest BCUT2D eigenvalue weighted by Gasteiger charge is -2.17. The molecule has 0 saturated heterocycles. The number of likely N-dealkylation sites (N-methyl/N-ethyl adjacent to an activating group) is 1. The third-order valence-corrected chi connectivity index (χ3v) is 5.22. The number of nitrogens with zero attached hydrogens (tertiary/aromatic N) is 4. The van der Waals surface area contributed by atoms with Gasteiger partial charge in [0.05, 0.1) is 32.6 Å². The van der Waals surface area contributed by atoms with E-state index in [4.69, 9.17) is 9.84 Å². The molecule has 0 aliphatic rings. The fraction of sp³-hybridized carbons (Fsp3) is 0.261. The molecule has 0 fully saturated rings. The number of benzene rings is 3. The van der Waals surface area contributed by atoms with Gasteiger partial charge < -0.3 is 14.7 Å². The van der Waals surface area contributed by atoms with Gasteiger partial charge in [-0.1, -0.05) is 50.2 Å². The first-order valence-electron chi connectivity index (χ1n) is 11.0. The molecule has 3 aromatic carbocycles. The fourth-order valence-electron chi connectivity index (χ4n) is 3.26. The first-order valence-corrected chi connectivity index (χ1v) is 11.0. The Hall–Kier alpha value is -4.85. The van der Waals surface area contributed by atoms with Gasteiger partial charge in [-0.15, -0.1) is 0 Å². The normalized spacial score (nSPS) is 10.4. The highest BCUT2D eigenvalue weighted by atomic mass is 16.6. The topological polar surface area (TPSA) is 191 Å². The van der Waals surface area contributed by atoms with Crippen molar-refractivity contribution in [2.24, 2.45) is 0 Å². The molecule has 14 nitrogen and oxygen atoms in total. The van der Waals surface area contributed by atoms with Crippen molar-refractivity contribution in [3.63, 3.8) is 0 Å². The van der Waals surface area contributed by atoms with E-state index in [0.717, 1.165) is 36.1 Å². The van der Waals surface area contributed by atoms with Crippen LogP contribution in [0.4, 0.5) is 27.5 Å². The minimum atomic E-state index is -1.21. The molecule has 3 rings (SSSR count). The maximum Gasteiger partial charge on any atom is 0.411 e. The number of phenols is 1. The number of amides is 1. The minimum absolute atomic E-state index is 0.401. The Morgan fingerprint density at radius 2 is 1.49 bits per heavy atom. The molecule has 0 aromatic heterocycles. The van der Waals surface area contributed by atoms with Crippen molar-refractivity contribution in [3.05, 3.63) is 84.9 Å². The van der Waals surface area contributed by atoms with Gasteiger partial charge in [0.25, 0.3) is 11.4 Å². The molecule has 0 saturated carbocycles. The van der Waals surface area contributed by atoms with E-state index in [-0.39, 0.29) is 0 Å². The molecule has 14 heteroatoms. The summed E-state index contributed by atoms with van der Waals surface area (Å²) in [5, 5.41) is 45.1. The molecular weight excluding hydrogens is 490 g/mol. The predicted molar refractivity (Wildman–Crippen MR) is 135 cm³/mol. The van der Waals surface area contributed by atoms with Crippen LogP contribution < -0.4 is 5.32 Å². The van der Waals surface area contributed by atoms with Gasteiger partial charge in [-0.2, -0.15) is 0 Å². The molecule has 0 unspecified atom stereocenters. The number of fused-ring (bicyclic) bond motifs is 1. The number of hydrogen-bond acceptors (Lipinski definition) is 10. The molecular formula is C23H25N5O9. The Bertz CT molecular complexity index is 1250. The Labute approximate surface area is 210 Å². The maximum absolute atomic E-state index is 11.9. The molecule has 0 atom stereocenters. The quantitative estimate of drug-likeness (QED) is 0.294. The zero-order valence-electron chi connectivity index (χ0n) is 20.0. The molecule has 0 bridgehead atoms. The fourth-order valence-corrected chi connectivity index (χ4v) is 3.26. The summed E-state index contributed by atoms with van der Waals surface area (Å²) in [6.45, 7) is 7.28. The Morgan fingerprint density at radius 1 is 0.919 bits per heavy atom. The van der Waals surface area contributed by atoms with E-state index >= 15 is 0 Å². The van der Waals surface area contributed by atoms with Crippen LogP contribution in [0.15, 0.2) is 54.6 Å². The number of rotatable bonds is 9. The third-order valence-electron chi connectivity index (χ3n) is 5.22. The first kappa shape index (κ1) is 28.4. The number of nitro groups is 3. The van der Waals surface area contributed by atoms with Crippen LogP contribution >= 0.6 is 0 Å². The summed E-state index contributed by atoms with van der Waals surface area (Å²) in [6.07, 6.45) is -0.404. The summed E-state index contributed by atoms with van der Waals surface area (Å²) in [4.78, 5) is 41.8. The second-order valence-corrected chi connectivity index (χ2v) is 7.42. The van der Waals surface area contributed by atoms with Crippen molar-refractivity contribution in [1.82, 2.24) is 4.90 Å². The Balaban J connectivity index is 0.000000271. The van der Waals surface area contributed by atoms with Crippen LogP contribution in [0.2, 0.25) is 0 Å². The van der Waals surface area contributed by atoms with Crippen LogP contribution in [0.1, 0.15) is 13.8 Å². The molecule has 37 heavy (non-hydrogen) atoms. The lowest BCUT2D eigenvalue weighted by Crippen LogP contribution is -2.28. The maximum atomic E-state index is 11.9. The van der Waals surface area contributed by atoms with Crippen molar-refractivity contribution >= 4 is 39.6 Å². The van der Waals surface area contributed by atoms with Gasteiger partial charge in [-0.3, -0.25) is 35.7 Å². The summed E-state index contributed by atoms with van der Waals surface area (Å²) < 4.78 is 5.24. The van der Waals surface area contributed by atoms with E-state index in [0.29, 0.717) is 18.7 Å². The van der Waals surface area contributed by atoms with Gasteiger partial charge in [0.1, 0.15) is 6.61 Å². The number of hydrogen-bond donors (Lipinski definition) is 2. The number of nitro benzene ring substituents is 3. The highest BCUT2D eigenvalue weighted by Gasteiger charge is 2.30. The molecule has 0 aliphatic heterocycles. The van der Waals surface area contributed by atoms with E-state index < -0.39 is 43.7 Å². The molecule has 1 amide bonds. The predicted octanol–water partition coefficient (Wildman–Crippen LogP) is 4.85. The number of aromatic hydroxyl groups is 1. The molecule has 196 valence electrons.